The van der Waals surface area contributed by atoms with Crippen molar-refractivity contribution in [3.63, 3.8) is 0 Å². The van der Waals surface area contributed by atoms with E-state index in [1.807, 2.05) is 6.92 Å². The summed E-state index contributed by atoms with van der Waals surface area (Å²) >= 11 is 5.53. The molecule has 94 valence electrons. The molecule has 5 heteroatoms. The van der Waals surface area contributed by atoms with Gasteiger partial charge in [-0.25, -0.2) is 8.78 Å². The van der Waals surface area contributed by atoms with Gasteiger partial charge in [0.05, 0.1) is 6.42 Å². The first-order chi connectivity index (χ1) is 8.02. The molecule has 17 heavy (non-hydrogen) atoms. The molecule has 0 bridgehead atoms. The first-order valence-corrected chi connectivity index (χ1v) is 5.85. The molecule has 0 saturated carbocycles. The zero-order valence-corrected chi connectivity index (χ0v) is 10.2. The van der Waals surface area contributed by atoms with Crippen molar-refractivity contribution in [2.75, 3.05) is 5.88 Å². The topological polar surface area (TPSA) is 29.1 Å². The van der Waals surface area contributed by atoms with E-state index in [4.69, 9.17) is 11.6 Å². The van der Waals surface area contributed by atoms with Crippen molar-refractivity contribution >= 4 is 17.5 Å². The number of carbonyl (C=O) groups is 1. The molecular formula is C12H14ClF2NO. The second-order valence-electron chi connectivity index (χ2n) is 3.86. The third-order valence-electron chi connectivity index (χ3n) is 2.32. The highest BCUT2D eigenvalue weighted by Crippen LogP contribution is 2.10. The van der Waals surface area contributed by atoms with Gasteiger partial charge in [0.2, 0.25) is 5.91 Å². The number of alkyl halides is 1. The fourth-order valence-electron chi connectivity index (χ4n) is 1.40. The maximum atomic E-state index is 13.3. The van der Waals surface area contributed by atoms with Crippen LogP contribution in [0.15, 0.2) is 18.2 Å². The summed E-state index contributed by atoms with van der Waals surface area (Å²) < 4.78 is 25.9. The van der Waals surface area contributed by atoms with Crippen LogP contribution in [0.5, 0.6) is 0 Å². The third-order valence-corrected chi connectivity index (χ3v) is 2.53. The first kappa shape index (κ1) is 13.9. The molecule has 0 saturated heterocycles. The maximum Gasteiger partial charge on any atom is 0.224 e. The maximum absolute atomic E-state index is 13.3. The fourth-order valence-corrected chi connectivity index (χ4v) is 1.73. The summed E-state index contributed by atoms with van der Waals surface area (Å²) in [5, 5.41) is 2.69. The van der Waals surface area contributed by atoms with Crippen molar-refractivity contribution in [1.82, 2.24) is 5.32 Å². The zero-order chi connectivity index (χ0) is 12.8. The lowest BCUT2D eigenvalue weighted by molar-refractivity contribution is -0.121. The monoisotopic (exact) mass is 261 g/mol. The van der Waals surface area contributed by atoms with E-state index in [0.717, 1.165) is 12.1 Å². The Balaban J connectivity index is 2.56. The average Bonchev–Trinajstić information content (AvgIpc) is 2.22. The van der Waals surface area contributed by atoms with E-state index < -0.39 is 11.6 Å². The van der Waals surface area contributed by atoms with Crippen LogP contribution in [-0.4, -0.2) is 17.8 Å². The molecule has 0 heterocycles. The van der Waals surface area contributed by atoms with Crippen LogP contribution < -0.4 is 5.32 Å². The molecule has 0 aliphatic rings. The normalized spacial score (nSPS) is 12.2. The number of amides is 1. The number of nitrogens with one attached hydrogen (secondary N) is 1. The van der Waals surface area contributed by atoms with Gasteiger partial charge < -0.3 is 5.32 Å². The van der Waals surface area contributed by atoms with Crippen LogP contribution in [0.1, 0.15) is 18.9 Å². The molecule has 1 atom stereocenters. The second kappa shape index (κ2) is 6.55. The highest BCUT2D eigenvalue weighted by Gasteiger charge is 2.11. The highest BCUT2D eigenvalue weighted by atomic mass is 35.5. The number of hydrogen-bond donors (Lipinski definition) is 1. The Morgan fingerprint density at radius 2 is 2.18 bits per heavy atom. The number of carbonyl (C=O) groups excluding carboxylic acids is 1. The predicted octanol–water partition coefficient (Wildman–Crippen LogP) is 2.64. The van der Waals surface area contributed by atoms with E-state index in [1.54, 1.807) is 0 Å². The molecule has 1 unspecified atom stereocenters. The van der Waals surface area contributed by atoms with Gasteiger partial charge in [0.1, 0.15) is 11.6 Å². The van der Waals surface area contributed by atoms with Crippen molar-refractivity contribution in [2.45, 2.75) is 25.8 Å². The van der Waals surface area contributed by atoms with Crippen LogP contribution in [0.3, 0.4) is 0 Å². The largest absolute Gasteiger partial charge is 0.353 e. The smallest absolute Gasteiger partial charge is 0.224 e. The minimum atomic E-state index is -0.704. The van der Waals surface area contributed by atoms with Crippen LogP contribution in [0.4, 0.5) is 8.78 Å². The van der Waals surface area contributed by atoms with E-state index in [2.05, 4.69) is 5.32 Å². The summed E-state index contributed by atoms with van der Waals surface area (Å²) in [6.07, 6.45) is 0.554. The van der Waals surface area contributed by atoms with Crippen LogP contribution in [0.25, 0.3) is 0 Å². The zero-order valence-electron chi connectivity index (χ0n) is 9.47. The van der Waals surface area contributed by atoms with Crippen LogP contribution >= 0.6 is 11.6 Å². The SMILES string of the molecule is CC(CCCl)NC(=O)Cc1ccc(F)cc1F. The molecule has 0 fully saturated rings. The predicted molar refractivity (Wildman–Crippen MR) is 63.0 cm³/mol. The van der Waals surface area contributed by atoms with Crippen LogP contribution in [0.2, 0.25) is 0 Å². The molecule has 0 aliphatic heterocycles. The van der Waals surface area contributed by atoms with E-state index in [1.165, 1.54) is 6.07 Å². The molecule has 0 aromatic heterocycles. The van der Waals surface area contributed by atoms with Crippen molar-refractivity contribution in [3.05, 3.63) is 35.4 Å². The summed E-state index contributed by atoms with van der Waals surface area (Å²) in [6.45, 7) is 1.82. The molecule has 0 aliphatic carbocycles. The molecule has 1 rings (SSSR count). The lowest BCUT2D eigenvalue weighted by atomic mass is 10.1. The molecule has 1 N–H and O–H groups in total. The van der Waals surface area contributed by atoms with Crippen LogP contribution in [-0.2, 0) is 11.2 Å². The van der Waals surface area contributed by atoms with Crippen molar-refractivity contribution in [1.29, 1.82) is 0 Å². The molecule has 0 radical (unpaired) electrons. The third kappa shape index (κ3) is 4.69. The molecule has 1 amide bonds. The Morgan fingerprint density at radius 3 is 2.76 bits per heavy atom. The lowest BCUT2D eigenvalue weighted by Gasteiger charge is -2.12. The van der Waals surface area contributed by atoms with Gasteiger partial charge in [-0.15, -0.1) is 11.6 Å². The minimum absolute atomic E-state index is 0.0523. The van der Waals surface area contributed by atoms with Gasteiger partial charge >= 0.3 is 0 Å². The van der Waals surface area contributed by atoms with E-state index in [-0.39, 0.29) is 23.9 Å². The molecule has 0 spiro atoms. The average molecular weight is 262 g/mol. The standard InChI is InChI=1S/C12H14ClF2NO/c1-8(4-5-13)16-12(17)6-9-2-3-10(14)7-11(9)15/h2-3,7-8H,4-6H2,1H3,(H,16,17). The Bertz CT molecular complexity index is 398. The quantitative estimate of drug-likeness (QED) is 0.811. The van der Waals surface area contributed by atoms with Gasteiger partial charge in [0.25, 0.3) is 0 Å². The molecule has 2 nitrogen and oxygen atoms in total. The van der Waals surface area contributed by atoms with E-state index in [9.17, 15) is 13.6 Å². The Hall–Kier alpha value is -1.16. The van der Waals surface area contributed by atoms with Gasteiger partial charge in [-0.05, 0) is 25.0 Å². The number of benzene rings is 1. The van der Waals surface area contributed by atoms with Gasteiger partial charge in [-0.1, -0.05) is 6.07 Å². The first-order valence-electron chi connectivity index (χ1n) is 5.32. The Labute approximate surface area is 104 Å². The number of rotatable bonds is 5. The Morgan fingerprint density at radius 1 is 1.47 bits per heavy atom. The van der Waals surface area contributed by atoms with Crippen molar-refractivity contribution in [2.24, 2.45) is 0 Å². The highest BCUT2D eigenvalue weighted by molar-refractivity contribution is 6.17. The fraction of sp³-hybridized carbons (Fsp3) is 0.417. The second-order valence-corrected chi connectivity index (χ2v) is 4.24. The lowest BCUT2D eigenvalue weighted by Crippen LogP contribution is -2.34. The molecule has 1 aromatic carbocycles. The van der Waals surface area contributed by atoms with Crippen LogP contribution in [0, 0.1) is 11.6 Å². The number of hydrogen-bond acceptors (Lipinski definition) is 1. The number of halogens is 3. The summed E-state index contributed by atoms with van der Waals surface area (Å²) in [4.78, 5) is 11.5. The summed E-state index contributed by atoms with van der Waals surface area (Å²) in [7, 11) is 0. The van der Waals surface area contributed by atoms with Crippen molar-refractivity contribution in [3.8, 4) is 0 Å². The summed E-state index contributed by atoms with van der Waals surface area (Å²) in [5.41, 5.74) is 0.182. The molecule has 1 aromatic rings. The van der Waals surface area contributed by atoms with Gasteiger partial charge in [0, 0.05) is 18.0 Å². The van der Waals surface area contributed by atoms with E-state index in [0.29, 0.717) is 12.3 Å². The van der Waals surface area contributed by atoms with Gasteiger partial charge in [-0.3, -0.25) is 4.79 Å². The Kier molecular flexibility index (Phi) is 5.35. The van der Waals surface area contributed by atoms with Gasteiger partial charge in [0.15, 0.2) is 0 Å². The van der Waals surface area contributed by atoms with Crippen molar-refractivity contribution < 1.29 is 13.6 Å². The van der Waals surface area contributed by atoms with Gasteiger partial charge in [-0.2, -0.15) is 0 Å². The minimum Gasteiger partial charge on any atom is -0.353 e. The van der Waals surface area contributed by atoms with E-state index >= 15 is 0 Å². The molecular weight excluding hydrogens is 248 g/mol. The summed E-state index contributed by atoms with van der Waals surface area (Å²) in [6, 6.07) is 3.12. The summed E-state index contributed by atoms with van der Waals surface area (Å²) in [5.74, 6) is -1.20.